The molecule has 4 rings (SSSR count). The van der Waals surface area contributed by atoms with Crippen molar-refractivity contribution in [3.05, 3.63) is 77.4 Å². The second kappa shape index (κ2) is 10.4. The summed E-state index contributed by atoms with van der Waals surface area (Å²) in [5.74, 6) is 1.86. The molecule has 0 N–H and O–H groups in total. The summed E-state index contributed by atoms with van der Waals surface area (Å²) in [6.45, 7) is 5.58. The zero-order chi connectivity index (χ0) is 25.9. The molecule has 0 aliphatic rings. The Labute approximate surface area is 210 Å². The molecule has 11 heteroatoms. The molecule has 0 saturated heterocycles. The van der Waals surface area contributed by atoms with E-state index in [9.17, 15) is 8.42 Å². The maximum Gasteiger partial charge on any atom is 0.167 e. The molecular formula is C25H28N6O4S. The fourth-order valence-corrected chi connectivity index (χ4v) is 5.09. The summed E-state index contributed by atoms with van der Waals surface area (Å²) in [4.78, 5) is 12.7. The van der Waals surface area contributed by atoms with Gasteiger partial charge >= 0.3 is 0 Å². The first-order valence-electron chi connectivity index (χ1n) is 11.3. The van der Waals surface area contributed by atoms with Crippen molar-refractivity contribution in [3.8, 4) is 22.9 Å². The number of hydrogen-bond donors (Lipinski definition) is 0. The molecule has 1 aromatic carbocycles. The van der Waals surface area contributed by atoms with Crippen LogP contribution in [0.5, 0.6) is 11.5 Å². The number of nitrogens with zero attached hydrogens (tertiary/aromatic N) is 6. The lowest BCUT2D eigenvalue weighted by atomic mass is 10.1. The molecule has 0 amide bonds. The van der Waals surface area contributed by atoms with Crippen LogP contribution in [0.3, 0.4) is 0 Å². The molecular weight excluding hydrogens is 480 g/mol. The summed E-state index contributed by atoms with van der Waals surface area (Å²) in [7, 11) is -0.581. The normalized spacial score (nSPS) is 12.4. The highest BCUT2D eigenvalue weighted by Crippen LogP contribution is 2.32. The van der Waals surface area contributed by atoms with Crippen LogP contribution in [0.1, 0.15) is 40.5 Å². The van der Waals surface area contributed by atoms with Crippen LogP contribution < -0.4 is 9.47 Å². The molecule has 0 aliphatic carbocycles. The highest BCUT2D eigenvalue weighted by Gasteiger charge is 2.29. The summed E-state index contributed by atoms with van der Waals surface area (Å²) in [6.07, 6.45) is 6.62. The third-order valence-electron chi connectivity index (χ3n) is 5.84. The minimum absolute atomic E-state index is 0.226. The molecule has 1 atom stereocenters. The Kier molecular flexibility index (Phi) is 7.30. The van der Waals surface area contributed by atoms with E-state index in [-0.39, 0.29) is 23.9 Å². The van der Waals surface area contributed by atoms with Crippen LogP contribution in [0.2, 0.25) is 0 Å². The maximum absolute atomic E-state index is 13.4. The number of aryl methyl sites for hydroxylation is 2. The molecule has 0 bridgehead atoms. The van der Waals surface area contributed by atoms with Crippen LogP contribution >= 0.6 is 0 Å². The molecule has 0 radical (unpaired) electrons. The Bertz CT molecular complexity index is 1450. The van der Waals surface area contributed by atoms with Gasteiger partial charge in [-0.3, -0.25) is 4.98 Å². The van der Waals surface area contributed by atoms with Crippen LogP contribution in [-0.2, 0) is 22.1 Å². The van der Waals surface area contributed by atoms with E-state index < -0.39 is 15.1 Å². The molecule has 0 spiro atoms. The van der Waals surface area contributed by atoms with E-state index in [1.165, 1.54) is 0 Å². The average molecular weight is 509 g/mol. The Balaban J connectivity index is 1.80. The molecule has 188 valence electrons. The van der Waals surface area contributed by atoms with Gasteiger partial charge in [-0.05, 0) is 50.1 Å². The van der Waals surface area contributed by atoms with E-state index in [4.69, 9.17) is 9.47 Å². The topological polar surface area (TPSA) is 122 Å². The van der Waals surface area contributed by atoms with Crippen molar-refractivity contribution in [2.75, 3.05) is 14.2 Å². The van der Waals surface area contributed by atoms with Gasteiger partial charge in [-0.25, -0.2) is 18.4 Å². The van der Waals surface area contributed by atoms with Gasteiger partial charge in [-0.1, -0.05) is 6.07 Å². The standard InChI is InChI=1S/C25H28N6O4S/c1-16-9-19(13-26-10-16)25-30-29-23(15-36(32,33)18(3)24-27-11-17(2)12-28-24)31(25)14-20-21(34-4)7-6-8-22(20)35-5/h6-13,18H,14-15H2,1-5H3/t18-/m0/s1. The molecule has 3 aromatic heterocycles. The summed E-state index contributed by atoms with van der Waals surface area (Å²) < 4.78 is 39.7. The fourth-order valence-electron chi connectivity index (χ4n) is 3.82. The summed E-state index contributed by atoms with van der Waals surface area (Å²) in [5.41, 5.74) is 3.24. The van der Waals surface area contributed by atoms with Gasteiger partial charge < -0.3 is 14.0 Å². The monoisotopic (exact) mass is 508 g/mol. The largest absolute Gasteiger partial charge is 0.496 e. The summed E-state index contributed by atoms with van der Waals surface area (Å²) >= 11 is 0. The molecule has 0 saturated carbocycles. The predicted octanol–water partition coefficient (Wildman–Crippen LogP) is 3.49. The van der Waals surface area contributed by atoms with Gasteiger partial charge in [0.1, 0.15) is 34.2 Å². The second-order valence-electron chi connectivity index (χ2n) is 8.49. The number of methoxy groups -OCH3 is 2. The van der Waals surface area contributed by atoms with Gasteiger partial charge in [0, 0.05) is 30.4 Å². The van der Waals surface area contributed by atoms with Crippen LogP contribution in [0, 0.1) is 13.8 Å². The van der Waals surface area contributed by atoms with Crippen molar-refractivity contribution < 1.29 is 17.9 Å². The van der Waals surface area contributed by atoms with E-state index in [1.54, 1.807) is 50.5 Å². The first kappa shape index (κ1) is 25.2. The predicted molar refractivity (Wildman–Crippen MR) is 134 cm³/mol. The molecule has 36 heavy (non-hydrogen) atoms. The van der Waals surface area contributed by atoms with E-state index in [0.717, 1.165) is 22.3 Å². The van der Waals surface area contributed by atoms with Gasteiger partial charge in [0.15, 0.2) is 15.7 Å². The van der Waals surface area contributed by atoms with Crippen molar-refractivity contribution in [1.82, 2.24) is 29.7 Å². The van der Waals surface area contributed by atoms with E-state index in [0.29, 0.717) is 17.3 Å². The first-order valence-corrected chi connectivity index (χ1v) is 13.0. The Morgan fingerprint density at radius 3 is 2.22 bits per heavy atom. The zero-order valence-corrected chi connectivity index (χ0v) is 21.7. The average Bonchev–Trinajstić information content (AvgIpc) is 3.25. The summed E-state index contributed by atoms with van der Waals surface area (Å²) in [5, 5.41) is 7.72. The Hall–Kier alpha value is -3.86. The third-order valence-corrected chi connectivity index (χ3v) is 7.79. The molecule has 3 heterocycles. The molecule has 0 aliphatic heterocycles. The number of pyridine rings is 1. The van der Waals surface area contributed by atoms with E-state index in [2.05, 4.69) is 25.1 Å². The van der Waals surface area contributed by atoms with E-state index in [1.807, 2.05) is 38.1 Å². The number of aromatic nitrogens is 6. The molecule has 4 aromatic rings. The molecule has 0 unspecified atom stereocenters. The number of rotatable bonds is 9. The number of sulfone groups is 1. The van der Waals surface area contributed by atoms with Crippen molar-refractivity contribution in [1.29, 1.82) is 0 Å². The quantitative estimate of drug-likeness (QED) is 0.334. The zero-order valence-electron chi connectivity index (χ0n) is 20.8. The summed E-state index contributed by atoms with van der Waals surface area (Å²) in [6, 6.07) is 7.40. The van der Waals surface area contributed by atoms with Crippen molar-refractivity contribution >= 4 is 9.84 Å². The minimum Gasteiger partial charge on any atom is -0.496 e. The third kappa shape index (κ3) is 5.20. The fraction of sp³-hybridized carbons (Fsp3) is 0.320. The maximum atomic E-state index is 13.4. The molecule has 0 fully saturated rings. The van der Waals surface area contributed by atoms with Gasteiger partial charge in [-0.15, -0.1) is 10.2 Å². The lowest BCUT2D eigenvalue weighted by molar-refractivity contribution is 0.383. The number of ether oxygens (including phenoxy) is 2. The van der Waals surface area contributed by atoms with Gasteiger partial charge in [0.25, 0.3) is 0 Å². The minimum atomic E-state index is -3.73. The number of benzene rings is 1. The Morgan fingerprint density at radius 2 is 1.61 bits per heavy atom. The second-order valence-corrected chi connectivity index (χ2v) is 10.8. The first-order chi connectivity index (χ1) is 17.2. The van der Waals surface area contributed by atoms with Crippen LogP contribution in [-0.4, -0.2) is 52.4 Å². The molecule has 10 nitrogen and oxygen atoms in total. The van der Waals surface area contributed by atoms with Crippen molar-refractivity contribution in [3.63, 3.8) is 0 Å². The van der Waals surface area contributed by atoms with E-state index >= 15 is 0 Å². The van der Waals surface area contributed by atoms with Gasteiger partial charge in [-0.2, -0.15) is 0 Å². The van der Waals surface area contributed by atoms with Gasteiger partial charge in [0.2, 0.25) is 0 Å². The van der Waals surface area contributed by atoms with Gasteiger partial charge in [0.05, 0.1) is 26.3 Å². The highest BCUT2D eigenvalue weighted by molar-refractivity contribution is 7.90. The van der Waals surface area contributed by atoms with Crippen LogP contribution in [0.4, 0.5) is 0 Å². The van der Waals surface area contributed by atoms with Crippen molar-refractivity contribution in [2.45, 2.75) is 38.3 Å². The highest BCUT2D eigenvalue weighted by atomic mass is 32.2. The van der Waals surface area contributed by atoms with Crippen LogP contribution in [0.15, 0.2) is 49.1 Å². The van der Waals surface area contributed by atoms with Crippen molar-refractivity contribution in [2.24, 2.45) is 0 Å². The SMILES string of the molecule is COc1cccc(OC)c1Cn1c(CS(=O)(=O)[C@@H](C)c2ncc(C)cn2)nnc1-c1cncc(C)c1. The smallest absolute Gasteiger partial charge is 0.167 e. The number of hydrogen-bond acceptors (Lipinski definition) is 9. The lowest BCUT2D eigenvalue weighted by Gasteiger charge is -2.17. The van der Waals surface area contributed by atoms with Crippen LogP contribution in [0.25, 0.3) is 11.4 Å². The lowest BCUT2D eigenvalue weighted by Crippen LogP contribution is -2.19. The Morgan fingerprint density at radius 1 is 0.944 bits per heavy atom.